The van der Waals surface area contributed by atoms with Gasteiger partial charge in [0.1, 0.15) is 5.76 Å². The van der Waals surface area contributed by atoms with E-state index in [1.54, 1.807) is 6.07 Å². The molecule has 0 radical (unpaired) electrons. The molecule has 2 rings (SSSR count). The molecule has 106 valence electrons. The van der Waals surface area contributed by atoms with Gasteiger partial charge in [0.25, 0.3) is 0 Å². The highest BCUT2D eigenvalue weighted by molar-refractivity contribution is 5.88. The minimum absolute atomic E-state index is 0.184. The number of aromatic nitrogens is 2. The Hall–Kier alpha value is -2.57. The zero-order valence-electron chi connectivity index (χ0n) is 11.6. The van der Waals surface area contributed by atoms with Gasteiger partial charge in [0.2, 0.25) is 5.89 Å². The number of hydrogen-bond acceptors (Lipinski definition) is 7. The molecule has 7 heteroatoms. The van der Waals surface area contributed by atoms with Crippen LogP contribution in [0.25, 0.3) is 0 Å². The summed E-state index contributed by atoms with van der Waals surface area (Å²) >= 11 is 0. The molecule has 0 unspecified atom stereocenters. The number of aryl methyl sites for hydroxylation is 2. The van der Waals surface area contributed by atoms with Crippen LogP contribution in [0, 0.1) is 13.8 Å². The molecule has 2 heterocycles. The Morgan fingerprint density at radius 2 is 2.15 bits per heavy atom. The lowest BCUT2D eigenvalue weighted by Gasteiger charge is -2.07. The molecule has 3 N–H and O–H groups in total. The molecule has 0 atom stereocenters. The van der Waals surface area contributed by atoms with Gasteiger partial charge in [-0.25, -0.2) is 14.8 Å². The Bertz CT molecular complexity index is 617. The van der Waals surface area contributed by atoms with Crippen molar-refractivity contribution in [1.29, 1.82) is 0 Å². The second kappa shape index (κ2) is 5.60. The van der Waals surface area contributed by atoms with Crippen LogP contribution in [0.4, 0.5) is 11.5 Å². The highest BCUT2D eigenvalue weighted by Crippen LogP contribution is 2.17. The number of oxazole rings is 1. The average Bonchev–Trinajstić information content (AvgIpc) is 2.76. The SMILES string of the molecule is COC(=O)c1ccc(N)c(NCc2nc(C)c(C)o2)n1. The second-order valence-corrected chi connectivity index (χ2v) is 4.23. The minimum atomic E-state index is -0.518. The summed E-state index contributed by atoms with van der Waals surface area (Å²) < 4.78 is 10.1. The van der Waals surface area contributed by atoms with E-state index < -0.39 is 5.97 Å². The van der Waals surface area contributed by atoms with Crippen LogP contribution >= 0.6 is 0 Å². The van der Waals surface area contributed by atoms with E-state index in [2.05, 4.69) is 20.0 Å². The Morgan fingerprint density at radius 3 is 2.75 bits per heavy atom. The van der Waals surface area contributed by atoms with E-state index in [9.17, 15) is 4.79 Å². The molecule has 0 saturated carbocycles. The number of ether oxygens (including phenoxy) is 1. The van der Waals surface area contributed by atoms with Crippen LogP contribution in [0.5, 0.6) is 0 Å². The van der Waals surface area contributed by atoms with Crippen molar-refractivity contribution in [2.24, 2.45) is 0 Å². The molecule has 20 heavy (non-hydrogen) atoms. The summed E-state index contributed by atoms with van der Waals surface area (Å²) in [6.07, 6.45) is 0. The number of esters is 1. The maximum Gasteiger partial charge on any atom is 0.356 e. The molecule has 0 aromatic carbocycles. The summed E-state index contributed by atoms with van der Waals surface area (Å²) in [6.45, 7) is 4.04. The summed E-state index contributed by atoms with van der Waals surface area (Å²) in [5.41, 5.74) is 7.25. The van der Waals surface area contributed by atoms with E-state index >= 15 is 0 Å². The number of rotatable bonds is 4. The average molecular weight is 276 g/mol. The van der Waals surface area contributed by atoms with Gasteiger partial charge in [0.15, 0.2) is 11.5 Å². The normalized spacial score (nSPS) is 10.3. The van der Waals surface area contributed by atoms with Crippen molar-refractivity contribution < 1.29 is 13.9 Å². The summed E-state index contributed by atoms with van der Waals surface area (Å²) in [5, 5.41) is 2.99. The van der Waals surface area contributed by atoms with E-state index in [-0.39, 0.29) is 5.69 Å². The number of nitrogen functional groups attached to an aromatic ring is 1. The lowest BCUT2D eigenvalue weighted by molar-refractivity contribution is 0.0594. The third-order valence-electron chi connectivity index (χ3n) is 2.80. The highest BCUT2D eigenvalue weighted by Gasteiger charge is 2.11. The van der Waals surface area contributed by atoms with Crippen molar-refractivity contribution in [2.75, 3.05) is 18.2 Å². The van der Waals surface area contributed by atoms with E-state index in [4.69, 9.17) is 10.2 Å². The van der Waals surface area contributed by atoms with E-state index in [1.807, 2.05) is 13.8 Å². The molecule has 2 aromatic rings. The molecule has 0 fully saturated rings. The molecule has 2 aromatic heterocycles. The number of carbonyl (C=O) groups excluding carboxylic acids is 1. The number of hydrogen-bond donors (Lipinski definition) is 2. The van der Waals surface area contributed by atoms with Crippen molar-refractivity contribution in [3.63, 3.8) is 0 Å². The van der Waals surface area contributed by atoms with Crippen LogP contribution in [0.2, 0.25) is 0 Å². The predicted octanol–water partition coefficient (Wildman–Crippen LogP) is 1.67. The smallest absolute Gasteiger partial charge is 0.356 e. The molecule has 0 aliphatic rings. The van der Waals surface area contributed by atoms with E-state index in [0.29, 0.717) is 23.9 Å². The molecular weight excluding hydrogens is 260 g/mol. The minimum Gasteiger partial charge on any atom is -0.464 e. The van der Waals surface area contributed by atoms with Crippen LogP contribution in [0.15, 0.2) is 16.5 Å². The van der Waals surface area contributed by atoms with Crippen LogP contribution in [0.1, 0.15) is 27.8 Å². The van der Waals surface area contributed by atoms with Crippen molar-refractivity contribution in [1.82, 2.24) is 9.97 Å². The van der Waals surface area contributed by atoms with Gasteiger partial charge in [-0.05, 0) is 26.0 Å². The Balaban J connectivity index is 2.14. The number of carbonyl (C=O) groups is 1. The van der Waals surface area contributed by atoms with Crippen LogP contribution in [-0.2, 0) is 11.3 Å². The summed E-state index contributed by atoms with van der Waals surface area (Å²) in [4.78, 5) is 19.8. The maximum atomic E-state index is 11.4. The second-order valence-electron chi connectivity index (χ2n) is 4.23. The predicted molar refractivity (Wildman–Crippen MR) is 73.3 cm³/mol. The molecule has 0 spiro atoms. The topological polar surface area (TPSA) is 103 Å². The van der Waals surface area contributed by atoms with Gasteiger partial charge in [-0.15, -0.1) is 0 Å². The molecule has 0 aliphatic heterocycles. The van der Waals surface area contributed by atoms with Crippen LogP contribution < -0.4 is 11.1 Å². The lowest BCUT2D eigenvalue weighted by atomic mass is 10.3. The fraction of sp³-hybridized carbons (Fsp3) is 0.308. The third kappa shape index (κ3) is 2.87. The monoisotopic (exact) mass is 276 g/mol. The number of nitrogens with two attached hydrogens (primary N) is 1. The summed E-state index contributed by atoms with van der Waals surface area (Å²) in [5.74, 6) is 1.17. The van der Waals surface area contributed by atoms with Gasteiger partial charge in [-0.3, -0.25) is 0 Å². The largest absolute Gasteiger partial charge is 0.464 e. The van der Waals surface area contributed by atoms with Gasteiger partial charge in [0.05, 0.1) is 25.0 Å². The molecule has 7 nitrogen and oxygen atoms in total. The Labute approximate surface area is 116 Å². The zero-order chi connectivity index (χ0) is 14.7. The first-order valence-corrected chi connectivity index (χ1v) is 6.03. The van der Waals surface area contributed by atoms with Crippen LogP contribution in [0.3, 0.4) is 0 Å². The highest BCUT2D eigenvalue weighted by atomic mass is 16.5. The lowest BCUT2D eigenvalue weighted by Crippen LogP contribution is -2.10. The quantitative estimate of drug-likeness (QED) is 0.818. The maximum absolute atomic E-state index is 11.4. The van der Waals surface area contributed by atoms with Crippen molar-refractivity contribution in [3.8, 4) is 0 Å². The van der Waals surface area contributed by atoms with Crippen molar-refractivity contribution in [2.45, 2.75) is 20.4 Å². The van der Waals surface area contributed by atoms with Gasteiger partial charge < -0.3 is 20.2 Å². The number of anilines is 2. The first-order chi connectivity index (χ1) is 9.51. The number of methoxy groups -OCH3 is 1. The fourth-order valence-corrected chi connectivity index (χ4v) is 1.60. The summed E-state index contributed by atoms with van der Waals surface area (Å²) in [6, 6.07) is 3.10. The number of nitrogens with zero attached hydrogens (tertiary/aromatic N) is 2. The molecule has 0 saturated heterocycles. The summed E-state index contributed by atoms with van der Waals surface area (Å²) in [7, 11) is 1.30. The van der Waals surface area contributed by atoms with Crippen molar-refractivity contribution in [3.05, 3.63) is 35.2 Å². The van der Waals surface area contributed by atoms with E-state index in [1.165, 1.54) is 13.2 Å². The standard InChI is InChI=1S/C13H16N4O3/c1-7-8(2)20-11(16-7)6-15-12-9(14)4-5-10(17-12)13(18)19-3/h4-5H,6,14H2,1-3H3,(H,15,17). The molecule has 0 amide bonds. The van der Waals surface area contributed by atoms with Crippen molar-refractivity contribution >= 4 is 17.5 Å². The Morgan fingerprint density at radius 1 is 1.40 bits per heavy atom. The third-order valence-corrected chi connectivity index (χ3v) is 2.80. The molecule has 0 aliphatic carbocycles. The van der Waals surface area contributed by atoms with Crippen LogP contribution in [-0.4, -0.2) is 23.0 Å². The molecular formula is C13H16N4O3. The first kappa shape index (κ1) is 13.9. The Kier molecular flexibility index (Phi) is 3.88. The van der Waals surface area contributed by atoms with E-state index in [0.717, 1.165) is 11.5 Å². The van der Waals surface area contributed by atoms with Gasteiger partial charge in [-0.2, -0.15) is 0 Å². The van der Waals surface area contributed by atoms with Gasteiger partial charge in [0, 0.05) is 0 Å². The van der Waals surface area contributed by atoms with Gasteiger partial charge >= 0.3 is 5.97 Å². The number of nitrogens with one attached hydrogen (secondary N) is 1. The molecule has 0 bridgehead atoms. The van der Waals surface area contributed by atoms with Gasteiger partial charge in [-0.1, -0.05) is 0 Å². The zero-order valence-corrected chi connectivity index (χ0v) is 11.6. The number of pyridine rings is 1. The first-order valence-electron chi connectivity index (χ1n) is 6.03. The fourth-order valence-electron chi connectivity index (χ4n) is 1.60.